The molecular formula is C23H29N3O2. The third-order valence-electron chi connectivity index (χ3n) is 6.51. The van der Waals surface area contributed by atoms with Crippen LogP contribution in [-0.4, -0.2) is 29.2 Å². The maximum atomic E-state index is 5.78. The van der Waals surface area contributed by atoms with Gasteiger partial charge in [-0.15, -0.1) is 0 Å². The van der Waals surface area contributed by atoms with Gasteiger partial charge in [-0.25, -0.2) is 9.97 Å². The summed E-state index contributed by atoms with van der Waals surface area (Å²) in [4.78, 5) is 9.69. The molecule has 2 aromatic rings. The first-order valence-electron chi connectivity index (χ1n) is 10.8. The fourth-order valence-electron chi connectivity index (χ4n) is 4.48. The number of hydrogen-bond acceptors (Lipinski definition) is 5. The predicted molar refractivity (Wildman–Crippen MR) is 110 cm³/mol. The minimum atomic E-state index is 0.505. The molecule has 0 bridgehead atoms. The van der Waals surface area contributed by atoms with Gasteiger partial charge in [0.15, 0.2) is 11.5 Å². The van der Waals surface area contributed by atoms with Crippen molar-refractivity contribution in [3.8, 4) is 22.6 Å². The lowest BCUT2D eigenvalue weighted by molar-refractivity contribution is 0.171. The number of aromatic nitrogens is 2. The summed E-state index contributed by atoms with van der Waals surface area (Å²) in [5, 5.41) is 3.61. The Hall–Kier alpha value is -2.30. The maximum Gasteiger partial charge on any atom is 0.223 e. The topological polar surface area (TPSA) is 56.3 Å². The highest BCUT2D eigenvalue weighted by Crippen LogP contribution is 2.42. The van der Waals surface area contributed by atoms with Crippen molar-refractivity contribution in [3.05, 3.63) is 30.1 Å². The molecule has 0 unspecified atom stereocenters. The van der Waals surface area contributed by atoms with Crippen LogP contribution in [0.25, 0.3) is 11.1 Å². The van der Waals surface area contributed by atoms with E-state index < -0.39 is 0 Å². The standard InChI is InChI=1S/C23H29N3O2/c1-15-5-8-18(9-6-15)25-23-24-14-19(22(26-23)16-3-2-4-16)17-7-10-20-21(13-17)28-12-11-27-20/h7,10,13-16,18H,2-6,8-9,11-12H2,1H3,(H,24,25,26). The van der Waals surface area contributed by atoms with Gasteiger partial charge in [0.2, 0.25) is 5.95 Å². The van der Waals surface area contributed by atoms with Crippen LogP contribution in [0.4, 0.5) is 5.95 Å². The van der Waals surface area contributed by atoms with Crippen LogP contribution in [0.15, 0.2) is 24.4 Å². The quantitative estimate of drug-likeness (QED) is 0.794. The lowest BCUT2D eigenvalue weighted by Gasteiger charge is -2.29. The molecule has 2 fully saturated rings. The summed E-state index contributed by atoms with van der Waals surface area (Å²) in [6.45, 7) is 3.57. The van der Waals surface area contributed by atoms with E-state index >= 15 is 0 Å². The lowest BCUT2D eigenvalue weighted by atomic mass is 9.80. The van der Waals surface area contributed by atoms with Gasteiger partial charge in [-0.3, -0.25) is 0 Å². The summed E-state index contributed by atoms with van der Waals surface area (Å²) < 4.78 is 11.5. The van der Waals surface area contributed by atoms with Crippen molar-refractivity contribution in [1.29, 1.82) is 0 Å². The van der Waals surface area contributed by atoms with Gasteiger partial charge in [-0.05, 0) is 62.1 Å². The van der Waals surface area contributed by atoms with Gasteiger partial charge in [0.05, 0.1) is 5.69 Å². The van der Waals surface area contributed by atoms with Crippen LogP contribution in [-0.2, 0) is 0 Å². The van der Waals surface area contributed by atoms with Gasteiger partial charge in [-0.1, -0.05) is 19.4 Å². The van der Waals surface area contributed by atoms with Gasteiger partial charge < -0.3 is 14.8 Å². The Bertz CT molecular complexity index is 842. The fraction of sp³-hybridized carbons (Fsp3) is 0.565. The Morgan fingerprint density at radius 2 is 1.75 bits per heavy atom. The number of nitrogens with one attached hydrogen (secondary N) is 1. The van der Waals surface area contributed by atoms with E-state index in [0.29, 0.717) is 25.2 Å². The Kier molecular flexibility index (Phi) is 4.83. The molecule has 2 saturated carbocycles. The molecule has 148 valence electrons. The number of benzene rings is 1. The SMILES string of the molecule is CC1CCC(Nc2ncc(-c3ccc4c(c3)OCCO4)c(C3CCC3)n2)CC1. The number of rotatable bonds is 4. The van der Waals surface area contributed by atoms with E-state index in [0.717, 1.165) is 34.5 Å². The zero-order chi connectivity index (χ0) is 18.9. The Morgan fingerprint density at radius 3 is 2.50 bits per heavy atom. The first-order chi connectivity index (χ1) is 13.8. The highest BCUT2D eigenvalue weighted by atomic mass is 16.6. The monoisotopic (exact) mass is 379 g/mol. The average Bonchev–Trinajstić information content (AvgIpc) is 2.68. The maximum absolute atomic E-state index is 5.78. The van der Waals surface area contributed by atoms with Crippen LogP contribution >= 0.6 is 0 Å². The molecule has 0 saturated heterocycles. The van der Waals surface area contributed by atoms with Gasteiger partial charge in [0.1, 0.15) is 13.2 Å². The van der Waals surface area contributed by atoms with Crippen molar-refractivity contribution in [2.45, 2.75) is 63.8 Å². The van der Waals surface area contributed by atoms with Crippen LogP contribution in [0.5, 0.6) is 11.5 Å². The second-order valence-electron chi connectivity index (χ2n) is 8.58. The largest absolute Gasteiger partial charge is 0.486 e. The number of fused-ring (bicyclic) bond motifs is 1. The summed E-state index contributed by atoms with van der Waals surface area (Å²) >= 11 is 0. The Labute approximate surface area is 166 Å². The van der Waals surface area contributed by atoms with E-state index in [1.165, 1.54) is 50.6 Å². The van der Waals surface area contributed by atoms with Crippen molar-refractivity contribution < 1.29 is 9.47 Å². The van der Waals surface area contributed by atoms with E-state index in [9.17, 15) is 0 Å². The van der Waals surface area contributed by atoms with E-state index in [2.05, 4.69) is 29.4 Å². The molecule has 3 aliphatic rings. The van der Waals surface area contributed by atoms with Crippen LogP contribution in [0.2, 0.25) is 0 Å². The lowest BCUT2D eigenvalue weighted by Crippen LogP contribution is -2.26. The Balaban J connectivity index is 1.43. The van der Waals surface area contributed by atoms with Crippen molar-refractivity contribution >= 4 is 5.95 Å². The third-order valence-corrected chi connectivity index (χ3v) is 6.51. The minimum Gasteiger partial charge on any atom is -0.486 e. The third kappa shape index (κ3) is 3.54. The molecule has 1 aliphatic heterocycles. The van der Waals surface area contributed by atoms with E-state index in [-0.39, 0.29) is 0 Å². The smallest absolute Gasteiger partial charge is 0.223 e. The molecule has 1 N–H and O–H groups in total. The van der Waals surface area contributed by atoms with Crippen LogP contribution in [0.3, 0.4) is 0 Å². The van der Waals surface area contributed by atoms with Crippen molar-refractivity contribution in [1.82, 2.24) is 9.97 Å². The van der Waals surface area contributed by atoms with Gasteiger partial charge in [0, 0.05) is 23.7 Å². The summed E-state index contributed by atoms with van der Waals surface area (Å²) in [5.74, 6) is 3.83. The minimum absolute atomic E-state index is 0.505. The average molecular weight is 380 g/mol. The summed E-state index contributed by atoms with van der Waals surface area (Å²) in [5.41, 5.74) is 3.43. The van der Waals surface area contributed by atoms with Crippen molar-refractivity contribution in [2.24, 2.45) is 5.92 Å². The molecule has 28 heavy (non-hydrogen) atoms. The summed E-state index contributed by atoms with van der Waals surface area (Å²) in [7, 11) is 0. The Morgan fingerprint density at radius 1 is 0.964 bits per heavy atom. The zero-order valence-corrected chi connectivity index (χ0v) is 16.6. The molecule has 1 aromatic carbocycles. The number of anilines is 1. The molecule has 0 radical (unpaired) electrons. The van der Waals surface area contributed by atoms with Crippen molar-refractivity contribution in [3.63, 3.8) is 0 Å². The highest BCUT2D eigenvalue weighted by Gasteiger charge is 2.26. The van der Waals surface area contributed by atoms with Gasteiger partial charge in [-0.2, -0.15) is 0 Å². The first kappa shape index (κ1) is 17.8. The zero-order valence-electron chi connectivity index (χ0n) is 16.6. The summed E-state index contributed by atoms with van der Waals surface area (Å²) in [6, 6.07) is 6.68. The molecule has 1 aromatic heterocycles. The van der Waals surface area contributed by atoms with Crippen LogP contribution in [0.1, 0.15) is 63.5 Å². The number of ether oxygens (including phenoxy) is 2. The molecule has 0 amide bonds. The highest BCUT2D eigenvalue weighted by molar-refractivity contribution is 5.70. The summed E-state index contributed by atoms with van der Waals surface area (Å²) in [6.07, 6.45) is 10.7. The van der Waals surface area contributed by atoms with Crippen molar-refractivity contribution in [2.75, 3.05) is 18.5 Å². The molecule has 5 heteroatoms. The second-order valence-corrected chi connectivity index (χ2v) is 8.58. The molecule has 2 heterocycles. The van der Waals surface area contributed by atoms with E-state index in [4.69, 9.17) is 14.5 Å². The van der Waals surface area contributed by atoms with E-state index in [1.54, 1.807) is 0 Å². The van der Waals surface area contributed by atoms with Crippen LogP contribution < -0.4 is 14.8 Å². The number of hydrogen-bond donors (Lipinski definition) is 1. The molecule has 5 rings (SSSR count). The molecular weight excluding hydrogens is 350 g/mol. The van der Waals surface area contributed by atoms with Gasteiger partial charge in [0.25, 0.3) is 0 Å². The molecule has 2 aliphatic carbocycles. The van der Waals surface area contributed by atoms with Gasteiger partial charge >= 0.3 is 0 Å². The molecule has 0 atom stereocenters. The normalized spacial score (nSPS) is 24.5. The predicted octanol–water partition coefficient (Wildman–Crippen LogP) is 5.17. The van der Waals surface area contributed by atoms with E-state index in [1.807, 2.05) is 12.3 Å². The van der Waals surface area contributed by atoms with Crippen LogP contribution in [0, 0.1) is 5.92 Å². The fourth-order valence-corrected chi connectivity index (χ4v) is 4.48. The molecule has 5 nitrogen and oxygen atoms in total. The first-order valence-corrected chi connectivity index (χ1v) is 10.8. The molecule has 0 spiro atoms. The number of nitrogens with zero attached hydrogens (tertiary/aromatic N) is 2. The second kappa shape index (κ2) is 7.61.